The summed E-state index contributed by atoms with van der Waals surface area (Å²) in [7, 11) is 0. The Morgan fingerprint density at radius 1 is 1.42 bits per heavy atom. The summed E-state index contributed by atoms with van der Waals surface area (Å²) < 4.78 is 13.2. The van der Waals surface area contributed by atoms with Crippen LogP contribution in [-0.4, -0.2) is 6.10 Å². The second-order valence-electron chi connectivity index (χ2n) is 2.78. The van der Waals surface area contributed by atoms with E-state index in [4.69, 9.17) is 6.11 Å². The quantitative estimate of drug-likeness (QED) is 0.665. The lowest BCUT2D eigenvalue weighted by Gasteiger charge is -2.12. The van der Waals surface area contributed by atoms with E-state index in [-0.39, 0.29) is 12.5 Å². The third-order valence-electron chi connectivity index (χ3n) is 1.63. The Kier molecular flexibility index (Phi) is 3.07. The fraction of sp³-hybridized carbons (Fsp3) is 0.455. The molecule has 0 fully saturated rings. The summed E-state index contributed by atoms with van der Waals surface area (Å²) in [6, 6.07) is 9.66. The lowest BCUT2D eigenvalue weighted by molar-refractivity contribution is 0.210. The number of benzene rings is 1. The Balaban J connectivity index is 2.50. The number of para-hydroxylation sites is 1. The Bertz CT molecular complexity index is 235. The van der Waals surface area contributed by atoms with Crippen LogP contribution in [0.4, 0.5) is 0 Å². The SMILES string of the molecule is [2H][C@@H](CC)[C@@H](C)Oc1ccccc1. The number of hydrogen-bond acceptors (Lipinski definition) is 1. The molecule has 0 amide bonds. The Hall–Kier alpha value is -0.980. The van der Waals surface area contributed by atoms with Gasteiger partial charge in [0.05, 0.1) is 6.10 Å². The van der Waals surface area contributed by atoms with Crippen LogP contribution in [0.25, 0.3) is 0 Å². The van der Waals surface area contributed by atoms with Crippen molar-refractivity contribution >= 4 is 0 Å². The molecule has 0 saturated carbocycles. The topological polar surface area (TPSA) is 9.23 Å². The summed E-state index contributed by atoms with van der Waals surface area (Å²) in [6.07, 6.45) is 0.654. The molecule has 0 saturated heterocycles. The highest BCUT2D eigenvalue weighted by molar-refractivity contribution is 5.21. The number of rotatable bonds is 4. The largest absolute Gasteiger partial charge is 0.491 e. The molecule has 0 aliphatic carbocycles. The molecule has 0 aliphatic rings. The van der Waals surface area contributed by atoms with Crippen molar-refractivity contribution < 1.29 is 6.11 Å². The fourth-order valence-electron chi connectivity index (χ4n) is 1.09. The van der Waals surface area contributed by atoms with E-state index in [9.17, 15) is 0 Å². The first kappa shape index (κ1) is 7.66. The fourth-order valence-corrected chi connectivity index (χ4v) is 1.09. The molecule has 1 aromatic carbocycles. The van der Waals surface area contributed by atoms with E-state index < -0.39 is 0 Å². The lowest BCUT2D eigenvalue weighted by atomic mass is 10.2. The van der Waals surface area contributed by atoms with Gasteiger partial charge in [0.15, 0.2) is 0 Å². The standard InChI is InChI=1S/C11H16O/c1-3-7-10(2)12-11-8-5-4-6-9-11/h4-6,8-10H,3,7H2,1-2H3/t10-/m1/s1/i7D/t7-,10+/m0. The van der Waals surface area contributed by atoms with E-state index in [1.54, 1.807) is 0 Å². The van der Waals surface area contributed by atoms with Crippen LogP contribution >= 0.6 is 0 Å². The highest BCUT2D eigenvalue weighted by Crippen LogP contribution is 2.12. The first-order valence-corrected chi connectivity index (χ1v) is 4.38. The minimum absolute atomic E-state index is 0.0348. The van der Waals surface area contributed by atoms with Gasteiger partial charge in [-0.05, 0) is 25.5 Å². The van der Waals surface area contributed by atoms with E-state index in [0.29, 0.717) is 0 Å². The molecule has 66 valence electrons. The molecule has 0 heterocycles. The van der Waals surface area contributed by atoms with Gasteiger partial charge in [0.2, 0.25) is 0 Å². The third kappa shape index (κ3) is 2.95. The van der Waals surface area contributed by atoms with Crippen LogP contribution in [0, 0.1) is 0 Å². The van der Waals surface area contributed by atoms with Gasteiger partial charge in [0, 0.05) is 1.37 Å². The van der Waals surface area contributed by atoms with Crippen LogP contribution in [0.15, 0.2) is 30.3 Å². The summed E-state index contributed by atoms with van der Waals surface area (Å²) >= 11 is 0. The molecular formula is C11H16O. The van der Waals surface area contributed by atoms with Gasteiger partial charge in [-0.15, -0.1) is 0 Å². The second-order valence-corrected chi connectivity index (χ2v) is 2.78. The van der Waals surface area contributed by atoms with Crippen molar-refractivity contribution in [3.63, 3.8) is 0 Å². The van der Waals surface area contributed by atoms with E-state index >= 15 is 0 Å². The molecule has 0 radical (unpaired) electrons. The maximum Gasteiger partial charge on any atom is 0.119 e. The predicted molar refractivity (Wildman–Crippen MR) is 51.4 cm³/mol. The molecule has 1 aromatic rings. The van der Waals surface area contributed by atoms with Crippen LogP contribution in [-0.2, 0) is 0 Å². The molecule has 0 unspecified atom stereocenters. The summed E-state index contributed by atoms with van der Waals surface area (Å²) in [4.78, 5) is 0. The number of ether oxygens (including phenoxy) is 1. The van der Waals surface area contributed by atoms with Gasteiger partial charge in [-0.3, -0.25) is 0 Å². The van der Waals surface area contributed by atoms with Crippen molar-refractivity contribution in [2.24, 2.45) is 0 Å². The molecule has 12 heavy (non-hydrogen) atoms. The molecule has 0 N–H and O–H groups in total. The molecule has 2 atom stereocenters. The van der Waals surface area contributed by atoms with E-state index in [2.05, 4.69) is 0 Å². The number of hydrogen-bond donors (Lipinski definition) is 0. The van der Waals surface area contributed by atoms with Crippen molar-refractivity contribution in [1.82, 2.24) is 0 Å². The van der Waals surface area contributed by atoms with Crippen LogP contribution in [0.3, 0.4) is 0 Å². The van der Waals surface area contributed by atoms with Crippen LogP contribution < -0.4 is 4.74 Å². The van der Waals surface area contributed by atoms with Gasteiger partial charge in [-0.25, -0.2) is 0 Å². The van der Waals surface area contributed by atoms with Gasteiger partial charge >= 0.3 is 0 Å². The highest BCUT2D eigenvalue weighted by atomic mass is 16.5. The van der Waals surface area contributed by atoms with E-state index in [0.717, 1.165) is 12.2 Å². The van der Waals surface area contributed by atoms with Crippen LogP contribution in [0.2, 0.25) is 0 Å². The first-order chi connectivity index (χ1) is 6.24. The van der Waals surface area contributed by atoms with Gasteiger partial charge in [0.25, 0.3) is 0 Å². The second kappa shape index (κ2) is 4.81. The molecule has 1 rings (SSSR count). The van der Waals surface area contributed by atoms with Gasteiger partial charge < -0.3 is 4.74 Å². The van der Waals surface area contributed by atoms with Crippen molar-refractivity contribution in [2.45, 2.75) is 32.8 Å². The zero-order valence-corrected chi connectivity index (χ0v) is 7.66. The van der Waals surface area contributed by atoms with Gasteiger partial charge in [-0.2, -0.15) is 0 Å². The van der Waals surface area contributed by atoms with Gasteiger partial charge in [0.1, 0.15) is 5.75 Å². The summed E-state index contributed by atoms with van der Waals surface area (Å²) in [5.41, 5.74) is 0. The molecule has 0 aliphatic heterocycles. The third-order valence-corrected chi connectivity index (χ3v) is 1.63. The maximum atomic E-state index is 7.65. The highest BCUT2D eigenvalue weighted by Gasteiger charge is 2.00. The zero-order chi connectivity index (χ0) is 9.68. The average molecular weight is 165 g/mol. The van der Waals surface area contributed by atoms with Crippen molar-refractivity contribution in [3.05, 3.63) is 30.3 Å². The van der Waals surface area contributed by atoms with E-state index in [1.807, 2.05) is 44.2 Å². The normalized spacial score (nSPS) is 16.3. The summed E-state index contributed by atoms with van der Waals surface area (Å²) in [5.74, 6) is 0.848. The predicted octanol–water partition coefficient (Wildman–Crippen LogP) is 3.25. The monoisotopic (exact) mass is 165 g/mol. The average Bonchev–Trinajstić information content (AvgIpc) is 2.18. The van der Waals surface area contributed by atoms with Crippen LogP contribution in [0.5, 0.6) is 5.75 Å². The minimum atomic E-state index is -0.139. The Labute approximate surface area is 75.8 Å². The van der Waals surface area contributed by atoms with Crippen LogP contribution in [0.1, 0.15) is 28.0 Å². The lowest BCUT2D eigenvalue weighted by Crippen LogP contribution is -2.10. The molecule has 1 nitrogen and oxygen atoms in total. The first-order valence-electron chi connectivity index (χ1n) is 4.95. The van der Waals surface area contributed by atoms with Crippen molar-refractivity contribution in [3.8, 4) is 5.75 Å². The Morgan fingerprint density at radius 2 is 2.08 bits per heavy atom. The van der Waals surface area contributed by atoms with Gasteiger partial charge in [-0.1, -0.05) is 31.5 Å². The summed E-state index contributed by atoms with van der Waals surface area (Å²) in [6.45, 7) is 3.94. The smallest absolute Gasteiger partial charge is 0.119 e. The van der Waals surface area contributed by atoms with Crippen molar-refractivity contribution in [1.29, 1.82) is 0 Å². The van der Waals surface area contributed by atoms with E-state index in [1.165, 1.54) is 0 Å². The molecule has 0 aromatic heterocycles. The minimum Gasteiger partial charge on any atom is -0.491 e. The molecule has 1 heteroatoms. The molecular weight excluding hydrogens is 148 g/mol. The Morgan fingerprint density at radius 3 is 2.67 bits per heavy atom. The molecule has 0 bridgehead atoms. The maximum absolute atomic E-state index is 7.65. The zero-order valence-electron chi connectivity index (χ0n) is 8.66. The summed E-state index contributed by atoms with van der Waals surface area (Å²) in [5, 5.41) is 0. The molecule has 0 spiro atoms. The van der Waals surface area contributed by atoms with Crippen molar-refractivity contribution in [2.75, 3.05) is 0 Å².